The first kappa shape index (κ1) is 17.5. The molecule has 0 bridgehead atoms. The summed E-state index contributed by atoms with van der Waals surface area (Å²) in [5.41, 5.74) is 0.830. The predicted octanol–water partition coefficient (Wildman–Crippen LogP) is 4.98. The number of amides is 1. The number of aromatic nitrogens is 2. The summed E-state index contributed by atoms with van der Waals surface area (Å²) in [6.07, 6.45) is -2.84. The molecule has 1 N–H and O–H groups in total. The summed E-state index contributed by atoms with van der Waals surface area (Å²) < 4.78 is 41.6. The van der Waals surface area contributed by atoms with Gasteiger partial charge in [0.05, 0.1) is 21.4 Å². The maximum atomic E-state index is 13.1. The van der Waals surface area contributed by atoms with E-state index in [1.165, 1.54) is 18.2 Å². The van der Waals surface area contributed by atoms with Gasteiger partial charge in [0.15, 0.2) is 5.65 Å². The summed E-state index contributed by atoms with van der Waals surface area (Å²) in [7, 11) is 0. The molecular weight excluding hydrogens is 399 g/mol. The number of imidazole rings is 1. The summed E-state index contributed by atoms with van der Waals surface area (Å²) in [6, 6.07) is 6.71. The fourth-order valence-electron chi connectivity index (χ4n) is 2.64. The Kier molecular flexibility index (Phi) is 4.32. The van der Waals surface area contributed by atoms with Crippen LogP contribution in [0.1, 0.15) is 27.3 Å². The predicted molar refractivity (Wildman–Crippen MR) is 91.8 cm³/mol. The number of nitrogens with one attached hydrogen (secondary N) is 1. The minimum absolute atomic E-state index is 0.191. The Morgan fingerprint density at radius 1 is 1.24 bits per heavy atom. The van der Waals surface area contributed by atoms with E-state index in [1.807, 2.05) is 13.0 Å². The molecule has 1 aromatic carbocycles. The number of alkyl halides is 3. The molecule has 0 saturated heterocycles. The topological polar surface area (TPSA) is 46.4 Å². The number of pyridine rings is 1. The van der Waals surface area contributed by atoms with Crippen molar-refractivity contribution in [2.75, 3.05) is 5.32 Å². The average Bonchev–Trinajstić information content (AvgIpc) is 2.83. The highest BCUT2D eigenvalue weighted by atomic mass is 79.9. The van der Waals surface area contributed by atoms with Crippen LogP contribution in [0, 0.1) is 13.8 Å². The fraction of sp³-hybridized carbons (Fsp3) is 0.176. The highest BCUT2D eigenvalue weighted by Gasteiger charge is 2.34. The zero-order valence-electron chi connectivity index (χ0n) is 13.3. The monoisotopic (exact) mass is 411 g/mol. The lowest BCUT2D eigenvalue weighted by molar-refractivity contribution is -0.136. The van der Waals surface area contributed by atoms with Gasteiger partial charge in [-0.25, -0.2) is 4.98 Å². The van der Waals surface area contributed by atoms with Crippen LogP contribution in [0.25, 0.3) is 5.65 Å². The number of benzene rings is 1. The third kappa shape index (κ3) is 3.26. The Hall–Kier alpha value is -2.35. The zero-order chi connectivity index (χ0) is 18.4. The molecule has 0 fully saturated rings. The Morgan fingerprint density at radius 3 is 2.60 bits per heavy atom. The number of nitrogens with zero attached hydrogens (tertiary/aromatic N) is 2. The molecule has 2 aromatic heterocycles. The molecule has 1 amide bonds. The first-order valence-electron chi connectivity index (χ1n) is 7.31. The lowest BCUT2D eigenvalue weighted by atomic mass is 10.1. The van der Waals surface area contributed by atoms with Crippen molar-refractivity contribution in [3.63, 3.8) is 0 Å². The van der Waals surface area contributed by atoms with Crippen LogP contribution in [-0.4, -0.2) is 15.3 Å². The number of anilines is 1. The molecule has 0 aliphatic rings. The van der Waals surface area contributed by atoms with E-state index in [-0.39, 0.29) is 11.4 Å². The first-order valence-corrected chi connectivity index (χ1v) is 8.10. The van der Waals surface area contributed by atoms with Gasteiger partial charge in [-0.1, -0.05) is 12.1 Å². The molecule has 2 heterocycles. The fourth-order valence-corrected chi connectivity index (χ4v) is 3.28. The van der Waals surface area contributed by atoms with Gasteiger partial charge in [0, 0.05) is 6.20 Å². The smallest absolute Gasteiger partial charge is 0.320 e. The summed E-state index contributed by atoms with van der Waals surface area (Å²) >= 11 is 3.39. The van der Waals surface area contributed by atoms with Crippen LogP contribution in [0.5, 0.6) is 0 Å². The maximum absolute atomic E-state index is 13.1. The second kappa shape index (κ2) is 6.18. The molecule has 0 aliphatic carbocycles. The highest BCUT2D eigenvalue weighted by Crippen LogP contribution is 2.35. The quantitative estimate of drug-likeness (QED) is 0.645. The Bertz CT molecular complexity index is 979. The second-order valence-electron chi connectivity index (χ2n) is 5.60. The van der Waals surface area contributed by atoms with Crippen molar-refractivity contribution in [1.82, 2.24) is 9.38 Å². The van der Waals surface area contributed by atoms with Gasteiger partial charge < -0.3 is 5.32 Å². The lowest BCUT2D eigenvalue weighted by Gasteiger charge is -2.13. The van der Waals surface area contributed by atoms with Crippen LogP contribution < -0.4 is 5.32 Å². The van der Waals surface area contributed by atoms with Gasteiger partial charge in [-0.2, -0.15) is 13.2 Å². The SMILES string of the molecule is Cc1cc(Br)c2nc(C)c(C(=O)Nc3ccccc3C(F)(F)F)n2c1. The van der Waals surface area contributed by atoms with Gasteiger partial charge in [-0.15, -0.1) is 0 Å². The maximum Gasteiger partial charge on any atom is 0.418 e. The second-order valence-corrected chi connectivity index (χ2v) is 6.46. The van der Waals surface area contributed by atoms with Gasteiger partial charge in [-0.05, 0) is 53.5 Å². The van der Waals surface area contributed by atoms with E-state index < -0.39 is 17.6 Å². The molecule has 0 atom stereocenters. The standard InChI is InChI=1S/C17H13BrF3N3O/c1-9-7-12(18)15-22-10(2)14(24(15)8-9)16(25)23-13-6-4-3-5-11(13)17(19,20)21/h3-8H,1-2H3,(H,23,25). The normalized spacial score (nSPS) is 11.8. The van der Waals surface area contributed by atoms with Crippen LogP contribution in [-0.2, 0) is 6.18 Å². The lowest BCUT2D eigenvalue weighted by Crippen LogP contribution is -2.19. The molecule has 0 spiro atoms. The van der Waals surface area contributed by atoms with Crippen molar-refractivity contribution in [1.29, 1.82) is 0 Å². The van der Waals surface area contributed by atoms with Gasteiger partial charge in [0.25, 0.3) is 5.91 Å². The number of aryl methyl sites for hydroxylation is 2. The van der Waals surface area contributed by atoms with E-state index in [1.54, 1.807) is 17.5 Å². The highest BCUT2D eigenvalue weighted by molar-refractivity contribution is 9.10. The van der Waals surface area contributed by atoms with Crippen molar-refractivity contribution >= 4 is 33.2 Å². The van der Waals surface area contributed by atoms with E-state index >= 15 is 0 Å². The molecule has 8 heteroatoms. The number of hydrogen-bond acceptors (Lipinski definition) is 2. The zero-order valence-corrected chi connectivity index (χ0v) is 14.9. The Morgan fingerprint density at radius 2 is 1.92 bits per heavy atom. The van der Waals surface area contributed by atoms with E-state index in [0.29, 0.717) is 15.8 Å². The van der Waals surface area contributed by atoms with Crippen molar-refractivity contribution < 1.29 is 18.0 Å². The van der Waals surface area contributed by atoms with Crippen LogP contribution in [0.2, 0.25) is 0 Å². The third-order valence-corrected chi connectivity index (χ3v) is 4.27. The number of fused-ring (bicyclic) bond motifs is 1. The number of hydrogen-bond donors (Lipinski definition) is 1. The summed E-state index contributed by atoms with van der Waals surface area (Å²) in [4.78, 5) is 17.0. The minimum atomic E-state index is -4.56. The molecule has 25 heavy (non-hydrogen) atoms. The van der Waals surface area contributed by atoms with E-state index in [4.69, 9.17) is 0 Å². The molecule has 3 aromatic rings. The molecular formula is C17H13BrF3N3O. The van der Waals surface area contributed by atoms with Gasteiger partial charge >= 0.3 is 6.18 Å². The van der Waals surface area contributed by atoms with Crippen LogP contribution in [0.15, 0.2) is 41.0 Å². The van der Waals surface area contributed by atoms with Gasteiger partial charge in [-0.3, -0.25) is 9.20 Å². The average molecular weight is 412 g/mol. The first-order chi connectivity index (χ1) is 11.7. The summed E-state index contributed by atoms with van der Waals surface area (Å²) in [5.74, 6) is -0.654. The third-order valence-electron chi connectivity index (χ3n) is 3.68. The van der Waals surface area contributed by atoms with Crippen molar-refractivity contribution in [3.05, 3.63) is 63.5 Å². The van der Waals surface area contributed by atoms with Gasteiger partial charge in [0.2, 0.25) is 0 Å². The van der Waals surface area contributed by atoms with Crippen molar-refractivity contribution in [3.8, 4) is 0 Å². The van der Waals surface area contributed by atoms with Gasteiger partial charge in [0.1, 0.15) is 5.69 Å². The molecule has 0 unspecified atom stereocenters. The van der Waals surface area contributed by atoms with E-state index in [2.05, 4.69) is 26.2 Å². The van der Waals surface area contributed by atoms with Crippen LogP contribution >= 0.6 is 15.9 Å². The Labute approximate surface area is 149 Å². The largest absolute Gasteiger partial charge is 0.418 e. The summed E-state index contributed by atoms with van der Waals surface area (Å²) in [6.45, 7) is 3.49. The van der Waals surface area contributed by atoms with Crippen LogP contribution in [0.3, 0.4) is 0 Å². The molecule has 0 saturated carbocycles. The number of carbonyl (C=O) groups is 1. The molecule has 3 rings (SSSR count). The molecule has 0 aliphatic heterocycles. The van der Waals surface area contributed by atoms with Crippen molar-refractivity contribution in [2.45, 2.75) is 20.0 Å². The number of para-hydroxylation sites is 1. The number of rotatable bonds is 2. The minimum Gasteiger partial charge on any atom is -0.320 e. The Balaban J connectivity index is 2.07. The van der Waals surface area contributed by atoms with Crippen LogP contribution in [0.4, 0.5) is 18.9 Å². The van der Waals surface area contributed by atoms with E-state index in [0.717, 1.165) is 11.6 Å². The molecule has 0 radical (unpaired) electrons. The summed E-state index contributed by atoms with van der Waals surface area (Å²) in [5, 5.41) is 2.36. The number of carbonyl (C=O) groups excluding carboxylic acids is 1. The molecule has 130 valence electrons. The van der Waals surface area contributed by atoms with Crippen molar-refractivity contribution in [2.24, 2.45) is 0 Å². The van der Waals surface area contributed by atoms with E-state index in [9.17, 15) is 18.0 Å². The molecule has 4 nitrogen and oxygen atoms in total. The number of halogens is 4.